The number of methoxy groups -OCH3 is 1. The third-order valence-electron chi connectivity index (χ3n) is 3.12. The largest absolute Gasteiger partial charge is 0.497 e. The summed E-state index contributed by atoms with van der Waals surface area (Å²) in [7, 11) is 1.51. The minimum atomic E-state index is -2.14. The van der Waals surface area contributed by atoms with Crippen LogP contribution in [0.25, 0.3) is 0 Å². The summed E-state index contributed by atoms with van der Waals surface area (Å²) in [6.45, 7) is 5.05. The van der Waals surface area contributed by atoms with Gasteiger partial charge in [-0.05, 0) is 44.5 Å². The van der Waals surface area contributed by atoms with Crippen LogP contribution in [0.1, 0.15) is 36.7 Å². The van der Waals surface area contributed by atoms with Gasteiger partial charge in [-0.15, -0.1) is 0 Å². The number of carbonyl (C=O) groups excluding carboxylic acids is 2. The molecule has 0 bridgehead atoms. The Morgan fingerprint density at radius 2 is 2.00 bits per heavy atom. The van der Waals surface area contributed by atoms with Crippen molar-refractivity contribution in [3.8, 4) is 5.75 Å². The second-order valence-electron chi connectivity index (χ2n) is 5.89. The Kier molecular flexibility index (Phi) is 3.34. The van der Waals surface area contributed by atoms with Gasteiger partial charge in [0.2, 0.25) is 11.4 Å². The Morgan fingerprint density at radius 3 is 2.55 bits per heavy atom. The predicted octanol–water partition coefficient (Wildman–Crippen LogP) is 1.51. The molecular formula is C15H18O5. The highest BCUT2D eigenvalue weighted by Gasteiger charge is 2.52. The molecule has 5 nitrogen and oxygen atoms in total. The van der Waals surface area contributed by atoms with Crippen LogP contribution in [0.3, 0.4) is 0 Å². The lowest BCUT2D eigenvalue weighted by molar-refractivity contribution is -0.171. The van der Waals surface area contributed by atoms with Crippen LogP contribution >= 0.6 is 0 Å². The Labute approximate surface area is 117 Å². The fourth-order valence-electron chi connectivity index (χ4n) is 2.17. The third kappa shape index (κ3) is 2.41. The van der Waals surface area contributed by atoms with Crippen molar-refractivity contribution in [2.24, 2.45) is 0 Å². The maximum Gasteiger partial charge on any atom is 0.347 e. The highest BCUT2D eigenvalue weighted by atomic mass is 16.6. The number of hydrogen-bond donors (Lipinski definition) is 1. The predicted molar refractivity (Wildman–Crippen MR) is 71.8 cm³/mol. The zero-order valence-corrected chi connectivity index (χ0v) is 12.0. The van der Waals surface area contributed by atoms with Gasteiger partial charge in [0.15, 0.2) is 0 Å². The van der Waals surface area contributed by atoms with E-state index in [1.165, 1.54) is 7.11 Å². The summed E-state index contributed by atoms with van der Waals surface area (Å²) >= 11 is 0. The van der Waals surface area contributed by atoms with Crippen LogP contribution in [0.5, 0.6) is 5.75 Å². The monoisotopic (exact) mass is 278 g/mol. The van der Waals surface area contributed by atoms with Gasteiger partial charge in [-0.3, -0.25) is 4.79 Å². The van der Waals surface area contributed by atoms with Crippen molar-refractivity contribution in [3.05, 3.63) is 29.3 Å². The van der Waals surface area contributed by atoms with Crippen molar-refractivity contribution in [3.63, 3.8) is 0 Å². The molecule has 0 radical (unpaired) electrons. The van der Waals surface area contributed by atoms with Gasteiger partial charge in [0.05, 0.1) is 7.11 Å². The Hall–Kier alpha value is -1.88. The molecule has 0 saturated heterocycles. The van der Waals surface area contributed by atoms with E-state index in [4.69, 9.17) is 9.47 Å². The molecule has 0 spiro atoms. The van der Waals surface area contributed by atoms with Gasteiger partial charge in [-0.1, -0.05) is 0 Å². The number of carbonyl (C=O) groups is 2. The molecule has 0 aromatic heterocycles. The molecule has 108 valence electrons. The van der Waals surface area contributed by atoms with E-state index < -0.39 is 23.0 Å². The van der Waals surface area contributed by atoms with Crippen LogP contribution < -0.4 is 4.74 Å². The highest BCUT2D eigenvalue weighted by molar-refractivity contribution is 6.18. The molecule has 1 aromatic rings. The van der Waals surface area contributed by atoms with Crippen LogP contribution in [0, 0.1) is 0 Å². The molecule has 1 N–H and O–H groups in total. The lowest BCUT2D eigenvalue weighted by Crippen LogP contribution is -2.48. The molecular weight excluding hydrogens is 260 g/mol. The minimum absolute atomic E-state index is 0.0900. The molecule has 20 heavy (non-hydrogen) atoms. The Bertz CT molecular complexity index is 570. The second-order valence-corrected chi connectivity index (χ2v) is 5.89. The van der Waals surface area contributed by atoms with E-state index in [-0.39, 0.29) is 6.42 Å². The van der Waals surface area contributed by atoms with Crippen molar-refractivity contribution in [1.82, 2.24) is 0 Å². The van der Waals surface area contributed by atoms with Gasteiger partial charge in [0, 0.05) is 12.0 Å². The SMILES string of the molecule is COc1ccc2c(c1)CC(O)(C(=O)OC(C)(C)C)C2=O. The molecule has 5 heteroatoms. The number of hydrogen-bond acceptors (Lipinski definition) is 5. The van der Waals surface area contributed by atoms with Gasteiger partial charge in [0.1, 0.15) is 11.4 Å². The summed E-state index contributed by atoms with van der Waals surface area (Å²) in [6, 6.07) is 4.83. The van der Waals surface area contributed by atoms with E-state index in [1.807, 2.05) is 0 Å². The van der Waals surface area contributed by atoms with Crippen molar-refractivity contribution < 1.29 is 24.2 Å². The van der Waals surface area contributed by atoms with Crippen molar-refractivity contribution >= 4 is 11.8 Å². The topological polar surface area (TPSA) is 72.8 Å². The molecule has 1 aliphatic carbocycles. The van der Waals surface area contributed by atoms with Crippen LogP contribution in [-0.2, 0) is 16.0 Å². The summed E-state index contributed by atoms with van der Waals surface area (Å²) in [6.07, 6.45) is -0.0900. The first kappa shape index (κ1) is 14.5. The maximum atomic E-state index is 12.3. The molecule has 1 atom stereocenters. The number of benzene rings is 1. The van der Waals surface area contributed by atoms with E-state index in [2.05, 4.69) is 0 Å². The molecule has 0 aliphatic heterocycles. The molecule has 1 aromatic carbocycles. The fraction of sp³-hybridized carbons (Fsp3) is 0.467. The number of ketones is 1. The number of aliphatic hydroxyl groups is 1. The van der Waals surface area contributed by atoms with E-state index >= 15 is 0 Å². The summed E-state index contributed by atoms with van der Waals surface area (Å²) in [5.74, 6) is -0.959. The second kappa shape index (κ2) is 4.59. The lowest BCUT2D eigenvalue weighted by atomic mass is 9.99. The van der Waals surface area contributed by atoms with Gasteiger partial charge in [0.25, 0.3) is 0 Å². The third-order valence-corrected chi connectivity index (χ3v) is 3.12. The van der Waals surface area contributed by atoms with Crippen LogP contribution in [-0.4, -0.2) is 35.2 Å². The van der Waals surface area contributed by atoms with Crippen LogP contribution in [0.2, 0.25) is 0 Å². The minimum Gasteiger partial charge on any atom is -0.497 e. The molecule has 0 amide bonds. The summed E-state index contributed by atoms with van der Waals surface area (Å²) < 4.78 is 10.2. The van der Waals surface area contributed by atoms with Gasteiger partial charge >= 0.3 is 5.97 Å². The summed E-state index contributed by atoms with van der Waals surface area (Å²) in [4.78, 5) is 24.3. The van der Waals surface area contributed by atoms with Crippen molar-refractivity contribution in [2.45, 2.75) is 38.4 Å². The molecule has 1 unspecified atom stereocenters. The smallest absolute Gasteiger partial charge is 0.347 e. The number of fused-ring (bicyclic) bond motifs is 1. The maximum absolute atomic E-state index is 12.3. The molecule has 0 fully saturated rings. The first-order valence-corrected chi connectivity index (χ1v) is 6.35. The Morgan fingerprint density at radius 1 is 1.35 bits per heavy atom. The highest BCUT2D eigenvalue weighted by Crippen LogP contribution is 2.34. The van der Waals surface area contributed by atoms with Gasteiger partial charge < -0.3 is 14.6 Å². The van der Waals surface area contributed by atoms with E-state index in [0.717, 1.165) is 0 Å². The lowest BCUT2D eigenvalue weighted by Gasteiger charge is -2.25. The Balaban J connectivity index is 2.33. The normalized spacial score (nSPS) is 21.6. The average molecular weight is 278 g/mol. The van der Waals surface area contributed by atoms with E-state index in [0.29, 0.717) is 16.9 Å². The fourth-order valence-corrected chi connectivity index (χ4v) is 2.17. The quantitative estimate of drug-likeness (QED) is 0.655. The van der Waals surface area contributed by atoms with Crippen LogP contribution in [0.4, 0.5) is 0 Å². The number of esters is 1. The molecule has 0 heterocycles. The zero-order chi connectivity index (χ0) is 15.1. The molecule has 1 aliphatic rings. The molecule has 0 saturated carbocycles. The standard InChI is InChI=1S/C15H18O5/c1-14(2,3)20-13(17)15(18)8-9-7-10(19-4)5-6-11(9)12(15)16/h5-7,18H,8H2,1-4H3. The van der Waals surface area contributed by atoms with E-state index in [1.54, 1.807) is 39.0 Å². The summed E-state index contributed by atoms with van der Waals surface area (Å²) in [5, 5.41) is 10.4. The summed E-state index contributed by atoms with van der Waals surface area (Å²) in [5.41, 5.74) is -1.98. The van der Waals surface area contributed by atoms with Crippen molar-refractivity contribution in [1.29, 1.82) is 0 Å². The zero-order valence-electron chi connectivity index (χ0n) is 12.0. The first-order valence-electron chi connectivity index (χ1n) is 6.35. The first-order chi connectivity index (χ1) is 9.17. The number of Topliss-reactive ketones (excluding diaryl/α,β-unsaturated/α-hetero) is 1. The molecule has 2 rings (SSSR count). The number of rotatable bonds is 2. The van der Waals surface area contributed by atoms with E-state index in [9.17, 15) is 14.7 Å². The van der Waals surface area contributed by atoms with Gasteiger partial charge in [-0.2, -0.15) is 0 Å². The number of ether oxygens (including phenoxy) is 2. The average Bonchev–Trinajstić information content (AvgIpc) is 2.60. The van der Waals surface area contributed by atoms with Crippen LogP contribution in [0.15, 0.2) is 18.2 Å². The van der Waals surface area contributed by atoms with Crippen molar-refractivity contribution in [2.75, 3.05) is 7.11 Å². The van der Waals surface area contributed by atoms with Gasteiger partial charge in [-0.25, -0.2) is 4.79 Å².